The Hall–Kier alpha value is -0.290. The normalized spacial score (nSPS) is 26.3. The Balaban J connectivity index is 2.34. The van der Waals surface area contributed by atoms with E-state index < -0.39 is 12.7 Å². The highest BCUT2D eigenvalue weighted by Crippen LogP contribution is 2.21. The van der Waals surface area contributed by atoms with E-state index in [9.17, 15) is 13.2 Å². The van der Waals surface area contributed by atoms with Gasteiger partial charge in [-0.05, 0) is 31.8 Å². The van der Waals surface area contributed by atoms with Crippen LogP contribution in [0.4, 0.5) is 13.2 Å². The monoisotopic (exact) mass is 196 g/mol. The summed E-state index contributed by atoms with van der Waals surface area (Å²) < 4.78 is 36.0. The second kappa shape index (κ2) is 4.28. The van der Waals surface area contributed by atoms with Crippen molar-refractivity contribution in [2.75, 3.05) is 26.2 Å². The van der Waals surface area contributed by atoms with E-state index in [2.05, 4.69) is 0 Å². The molecule has 1 fully saturated rings. The van der Waals surface area contributed by atoms with Gasteiger partial charge < -0.3 is 5.73 Å². The largest absolute Gasteiger partial charge is 0.401 e. The summed E-state index contributed by atoms with van der Waals surface area (Å²) in [5.74, 6) is 0.246. The van der Waals surface area contributed by atoms with Crippen molar-refractivity contribution < 1.29 is 13.2 Å². The van der Waals surface area contributed by atoms with Crippen molar-refractivity contribution in [3.8, 4) is 0 Å². The van der Waals surface area contributed by atoms with Crippen molar-refractivity contribution in [3.05, 3.63) is 0 Å². The Morgan fingerprint density at radius 3 is 2.62 bits per heavy atom. The first-order valence-electron chi connectivity index (χ1n) is 4.50. The molecule has 0 bridgehead atoms. The molecule has 2 N–H and O–H groups in total. The molecule has 0 aromatic heterocycles. The van der Waals surface area contributed by atoms with Crippen LogP contribution in [0.2, 0.25) is 0 Å². The summed E-state index contributed by atoms with van der Waals surface area (Å²) in [6.07, 6.45) is -2.28. The van der Waals surface area contributed by atoms with Crippen LogP contribution in [0.25, 0.3) is 0 Å². The topological polar surface area (TPSA) is 29.3 Å². The van der Waals surface area contributed by atoms with Gasteiger partial charge in [-0.15, -0.1) is 0 Å². The quantitative estimate of drug-likeness (QED) is 0.719. The van der Waals surface area contributed by atoms with E-state index in [4.69, 9.17) is 5.73 Å². The van der Waals surface area contributed by atoms with Crippen LogP contribution >= 0.6 is 0 Å². The van der Waals surface area contributed by atoms with E-state index in [1.54, 1.807) is 0 Å². The van der Waals surface area contributed by atoms with Gasteiger partial charge in [0, 0.05) is 6.54 Å². The fraction of sp³-hybridized carbons (Fsp3) is 1.00. The molecule has 1 atom stereocenters. The molecule has 78 valence electrons. The summed E-state index contributed by atoms with van der Waals surface area (Å²) in [7, 11) is 0. The average molecular weight is 196 g/mol. The number of likely N-dealkylation sites (tertiary alicyclic amines) is 1. The van der Waals surface area contributed by atoms with Crippen LogP contribution in [0.5, 0.6) is 0 Å². The van der Waals surface area contributed by atoms with E-state index in [1.165, 1.54) is 4.90 Å². The molecule has 1 heterocycles. The fourth-order valence-corrected chi connectivity index (χ4v) is 1.74. The molecule has 0 amide bonds. The van der Waals surface area contributed by atoms with Gasteiger partial charge in [-0.25, -0.2) is 0 Å². The number of nitrogens with zero attached hydrogens (tertiary/aromatic N) is 1. The molecule has 5 heteroatoms. The standard InChI is InChI=1S/C8H15F3N2/c9-8(10,11)6-13-3-1-2-7(4-12)5-13/h7H,1-6,12H2/t7-/m1/s1. The van der Waals surface area contributed by atoms with Gasteiger partial charge in [0.2, 0.25) is 0 Å². The molecule has 13 heavy (non-hydrogen) atoms. The fourth-order valence-electron chi connectivity index (χ4n) is 1.74. The second-order valence-corrected chi connectivity index (χ2v) is 3.59. The number of rotatable bonds is 2. The zero-order valence-corrected chi connectivity index (χ0v) is 7.48. The average Bonchev–Trinajstić information content (AvgIpc) is 2.01. The number of nitrogens with two attached hydrogens (primary N) is 1. The first-order chi connectivity index (χ1) is 6.01. The number of piperidine rings is 1. The van der Waals surface area contributed by atoms with Crippen LogP contribution < -0.4 is 5.73 Å². The highest BCUT2D eigenvalue weighted by molar-refractivity contribution is 4.75. The summed E-state index contributed by atoms with van der Waals surface area (Å²) in [6, 6.07) is 0. The summed E-state index contributed by atoms with van der Waals surface area (Å²) in [5, 5.41) is 0. The van der Waals surface area contributed by atoms with Gasteiger partial charge in [0.25, 0.3) is 0 Å². The van der Waals surface area contributed by atoms with E-state index in [0.717, 1.165) is 12.8 Å². The minimum atomic E-state index is -4.07. The smallest absolute Gasteiger partial charge is 0.330 e. The predicted molar refractivity (Wildman–Crippen MR) is 44.3 cm³/mol. The van der Waals surface area contributed by atoms with Gasteiger partial charge in [-0.3, -0.25) is 4.90 Å². The maximum absolute atomic E-state index is 12.0. The van der Waals surface area contributed by atoms with E-state index in [0.29, 0.717) is 19.6 Å². The third kappa shape index (κ3) is 3.95. The Bertz CT molecular complexity index is 158. The summed E-state index contributed by atoms with van der Waals surface area (Å²) in [4.78, 5) is 1.45. The number of alkyl halides is 3. The minimum absolute atomic E-state index is 0.246. The number of halogens is 3. The van der Waals surface area contributed by atoms with Gasteiger partial charge in [0.15, 0.2) is 0 Å². The summed E-state index contributed by atoms with van der Waals surface area (Å²) >= 11 is 0. The molecule has 0 saturated carbocycles. The maximum atomic E-state index is 12.0. The first kappa shape index (κ1) is 10.8. The van der Waals surface area contributed by atoms with Crippen LogP contribution in [0, 0.1) is 5.92 Å². The van der Waals surface area contributed by atoms with Gasteiger partial charge in [0.05, 0.1) is 6.54 Å². The van der Waals surface area contributed by atoms with E-state index in [1.807, 2.05) is 0 Å². The van der Waals surface area contributed by atoms with Crippen molar-refractivity contribution >= 4 is 0 Å². The number of hydrogen-bond acceptors (Lipinski definition) is 2. The maximum Gasteiger partial charge on any atom is 0.401 e. The Labute approximate surface area is 75.9 Å². The minimum Gasteiger partial charge on any atom is -0.330 e. The molecule has 1 aliphatic rings. The van der Waals surface area contributed by atoms with Gasteiger partial charge in [-0.1, -0.05) is 0 Å². The third-order valence-electron chi connectivity index (χ3n) is 2.34. The van der Waals surface area contributed by atoms with Crippen LogP contribution in [-0.2, 0) is 0 Å². The lowest BCUT2D eigenvalue weighted by Gasteiger charge is -2.32. The molecule has 0 unspecified atom stereocenters. The Morgan fingerprint density at radius 1 is 1.38 bits per heavy atom. The molecular weight excluding hydrogens is 181 g/mol. The molecule has 1 rings (SSSR count). The van der Waals surface area contributed by atoms with Crippen LogP contribution in [0.15, 0.2) is 0 Å². The highest BCUT2D eigenvalue weighted by atomic mass is 19.4. The molecule has 0 radical (unpaired) electrons. The Morgan fingerprint density at radius 2 is 2.08 bits per heavy atom. The van der Waals surface area contributed by atoms with Gasteiger partial charge in [0.1, 0.15) is 0 Å². The molecule has 0 aliphatic carbocycles. The van der Waals surface area contributed by atoms with Crippen LogP contribution in [0.3, 0.4) is 0 Å². The van der Waals surface area contributed by atoms with Gasteiger partial charge in [-0.2, -0.15) is 13.2 Å². The lowest BCUT2D eigenvalue weighted by molar-refractivity contribution is -0.149. The highest BCUT2D eigenvalue weighted by Gasteiger charge is 2.32. The van der Waals surface area contributed by atoms with Crippen molar-refractivity contribution in [1.82, 2.24) is 4.90 Å². The molecule has 0 spiro atoms. The lowest BCUT2D eigenvalue weighted by atomic mass is 9.98. The SMILES string of the molecule is NC[C@H]1CCCN(CC(F)(F)F)C1. The molecule has 0 aromatic rings. The molecule has 0 aromatic carbocycles. The molecular formula is C8H15F3N2. The predicted octanol–water partition coefficient (Wildman–Crippen LogP) is 1.22. The van der Waals surface area contributed by atoms with E-state index in [-0.39, 0.29) is 5.92 Å². The molecule has 1 aliphatic heterocycles. The zero-order valence-electron chi connectivity index (χ0n) is 7.48. The molecule has 2 nitrogen and oxygen atoms in total. The van der Waals surface area contributed by atoms with Crippen LogP contribution in [-0.4, -0.2) is 37.3 Å². The zero-order chi connectivity index (χ0) is 9.90. The Kier molecular flexibility index (Phi) is 3.55. The van der Waals surface area contributed by atoms with Crippen LogP contribution in [0.1, 0.15) is 12.8 Å². The second-order valence-electron chi connectivity index (χ2n) is 3.59. The number of hydrogen-bond donors (Lipinski definition) is 1. The first-order valence-corrected chi connectivity index (χ1v) is 4.50. The molecule has 1 saturated heterocycles. The van der Waals surface area contributed by atoms with Gasteiger partial charge >= 0.3 is 6.18 Å². The van der Waals surface area contributed by atoms with Crippen molar-refractivity contribution in [1.29, 1.82) is 0 Å². The summed E-state index contributed by atoms with van der Waals surface area (Å²) in [5.41, 5.74) is 5.42. The van der Waals surface area contributed by atoms with E-state index >= 15 is 0 Å². The summed E-state index contributed by atoms with van der Waals surface area (Å²) in [6.45, 7) is 0.754. The van der Waals surface area contributed by atoms with Crippen molar-refractivity contribution in [2.45, 2.75) is 19.0 Å². The third-order valence-corrected chi connectivity index (χ3v) is 2.34. The van der Waals surface area contributed by atoms with Crippen molar-refractivity contribution in [2.24, 2.45) is 11.7 Å². The lowest BCUT2D eigenvalue weighted by Crippen LogP contribution is -2.43. The van der Waals surface area contributed by atoms with Crippen molar-refractivity contribution in [3.63, 3.8) is 0 Å².